The van der Waals surface area contributed by atoms with Crippen molar-refractivity contribution in [2.45, 2.75) is 19.4 Å². The van der Waals surface area contributed by atoms with Gasteiger partial charge in [-0.05, 0) is 6.92 Å². The van der Waals surface area contributed by atoms with Crippen LogP contribution in [0.3, 0.4) is 0 Å². The van der Waals surface area contributed by atoms with Gasteiger partial charge in [-0.25, -0.2) is 14.4 Å². The number of carboxylic acid groups (broad SMARTS) is 4. The van der Waals surface area contributed by atoms with Gasteiger partial charge in [-0.1, -0.05) is 6.58 Å². The Morgan fingerprint density at radius 1 is 1.00 bits per heavy atom. The van der Waals surface area contributed by atoms with E-state index < -0.39 is 43.0 Å². The summed E-state index contributed by atoms with van der Waals surface area (Å²) in [5, 5.41) is 46.9. The number of aliphatic hydroxyl groups is 2. The molecule has 0 radical (unpaired) electrons. The van der Waals surface area contributed by atoms with E-state index in [1.165, 1.54) is 6.92 Å². The van der Waals surface area contributed by atoms with Crippen LogP contribution < -0.4 is 0 Å². The van der Waals surface area contributed by atoms with E-state index in [4.69, 9.17) is 35.4 Å². The third-order valence-corrected chi connectivity index (χ3v) is 1.16. The lowest BCUT2D eigenvalue weighted by Gasteiger charge is -1.91. The molecular weight excluding hydrogens is 280 g/mol. The molecule has 0 aliphatic carbocycles. The quantitative estimate of drug-likeness (QED) is 0.329. The summed E-state index contributed by atoms with van der Waals surface area (Å²) in [7, 11) is 0. The van der Waals surface area contributed by atoms with Crippen molar-refractivity contribution >= 4 is 23.9 Å². The van der Waals surface area contributed by atoms with E-state index in [1.807, 2.05) is 0 Å². The zero-order valence-corrected chi connectivity index (χ0v) is 10.5. The Labute approximate surface area is 113 Å². The number of carboxylic acids is 4. The van der Waals surface area contributed by atoms with Crippen molar-refractivity contribution < 1.29 is 49.8 Å². The van der Waals surface area contributed by atoms with Gasteiger partial charge < -0.3 is 30.6 Å². The Morgan fingerprint density at radius 2 is 1.30 bits per heavy atom. The summed E-state index contributed by atoms with van der Waals surface area (Å²) in [6.45, 7) is 3.43. The first-order chi connectivity index (χ1) is 8.95. The molecule has 0 aromatic heterocycles. The second-order valence-corrected chi connectivity index (χ2v) is 3.05. The number of hydrogen-bond donors (Lipinski definition) is 6. The minimum absolute atomic E-state index is 0.303. The zero-order valence-electron chi connectivity index (χ0n) is 10.5. The van der Waals surface area contributed by atoms with Crippen LogP contribution in [-0.4, -0.2) is 67.2 Å². The molecular formula is C10H16O10. The molecule has 0 rings (SSSR count). The summed E-state index contributed by atoms with van der Waals surface area (Å²) in [6, 6.07) is 0. The average Bonchev–Trinajstić information content (AvgIpc) is 2.29. The van der Waals surface area contributed by atoms with E-state index in [9.17, 15) is 14.4 Å². The average molecular weight is 296 g/mol. The molecule has 1 unspecified atom stereocenters. The summed E-state index contributed by atoms with van der Waals surface area (Å²) < 4.78 is 0. The van der Waals surface area contributed by atoms with Gasteiger partial charge in [-0.2, -0.15) is 0 Å². The largest absolute Gasteiger partial charge is 0.481 e. The monoisotopic (exact) mass is 296 g/mol. The van der Waals surface area contributed by atoms with Crippen molar-refractivity contribution in [3.63, 3.8) is 0 Å². The molecule has 0 fully saturated rings. The summed E-state index contributed by atoms with van der Waals surface area (Å²) in [5.41, 5.74) is -0.303. The van der Waals surface area contributed by atoms with Gasteiger partial charge in [0.2, 0.25) is 0 Å². The topological polar surface area (TPSA) is 190 Å². The van der Waals surface area contributed by atoms with Crippen molar-refractivity contribution in [3.05, 3.63) is 12.2 Å². The minimum atomic E-state index is -1.27. The van der Waals surface area contributed by atoms with Crippen molar-refractivity contribution in [2.24, 2.45) is 0 Å². The highest BCUT2D eigenvalue weighted by Crippen LogP contribution is 1.95. The zero-order chi connectivity index (χ0) is 16.9. The van der Waals surface area contributed by atoms with Gasteiger partial charge in [0, 0.05) is 5.57 Å². The summed E-state index contributed by atoms with van der Waals surface area (Å²) in [5.74, 6) is -4.82. The Balaban J connectivity index is -0.000000230. The molecule has 0 aromatic rings. The van der Waals surface area contributed by atoms with Crippen molar-refractivity contribution in [1.82, 2.24) is 0 Å². The van der Waals surface area contributed by atoms with Crippen LogP contribution in [-0.2, 0) is 19.2 Å². The Bertz CT molecular complexity index is 357. The third-order valence-electron chi connectivity index (χ3n) is 1.16. The van der Waals surface area contributed by atoms with E-state index in [0.29, 0.717) is 0 Å². The van der Waals surface area contributed by atoms with Crippen LogP contribution in [0.2, 0.25) is 0 Å². The van der Waals surface area contributed by atoms with E-state index in [2.05, 4.69) is 6.58 Å². The fourth-order valence-electron chi connectivity index (χ4n) is 0.258. The smallest absolute Gasteiger partial charge is 0.332 e. The lowest BCUT2D eigenvalue weighted by Crippen LogP contribution is -2.13. The van der Waals surface area contributed by atoms with E-state index in [1.54, 1.807) is 0 Å². The predicted molar refractivity (Wildman–Crippen MR) is 63.1 cm³/mol. The molecule has 0 aliphatic rings. The Morgan fingerprint density at radius 3 is 1.35 bits per heavy atom. The highest BCUT2D eigenvalue weighted by molar-refractivity contribution is 5.91. The first-order valence-corrected chi connectivity index (χ1v) is 4.82. The van der Waals surface area contributed by atoms with E-state index in [0.717, 1.165) is 0 Å². The standard InChI is InChI=1S/C5H6O4.C3H6O3.C2H4O3/c1-3(5(8)9)2-4(6)7;1-2(4)3(5)6;3-1-2(4)5/h1-2H2,(H,6,7)(H,8,9);2,4H,1H3,(H,5,6);3H,1H2,(H,4,5). The summed E-state index contributed by atoms with van der Waals surface area (Å²) in [4.78, 5) is 38.2. The summed E-state index contributed by atoms with van der Waals surface area (Å²) in [6.07, 6.45) is -1.74. The third kappa shape index (κ3) is 24.7. The van der Waals surface area contributed by atoms with Crippen molar-refractivity contribution in [1.29, 1.82) is 0 Å². The lowest BCUT2D eigenvalue weighted by molar-refractivity contribution is -0.145. The van der Waals surface area contributed by atoms with Crippen molar-refractivity contribution in [3.8, 4) is 0 Å². The molecule has 0 amide bonds. The second kappa shape index (κ2) is 13.0. The number of hydrogen-bond acceptors (Lipinski definition) is 6. The van der Waals surface area contributed by atoms with Gasteiger partial charge in [0.15, 0.2) is 0 Å². The van der Waals surface area contributed by atoms with Crippen LogP contribution >= 0.6 is 0 Å². The van der Waals surface area contributed by atoms with Gasteiger partial charge in [-0.3, -0.25) is 4.79 Å². The lowest BCUT2D eigenvalue weighted by atomic mass is 10.2. The van der Waals surface area contributed by atoms with Crippen LogP contribution in [0.4, 0.5) is 0 Å². The number of aliphatic hydroxyl groups excluding tert-OH is 2. The Hall–Kier alpha value is -2.46. The first kappa shape index (κ1) is 22.7. The summed E-state index contributed by atoms with van der Waals surface area (Å²) >= 11 is 0. The van der Waals surface area contributed by atoms with Gasteiger partial charge >= 0.3 is 23.9 Å². The molecule has 0 saturated carbocycles. The van der Waals surface area contributed by atoms with E-state index in [-0.39, 0.29) is 5.57 Å². The molecule has 0 saturated heterocycles. The van der Waals surface area contributed by atoms with Crippen LogP contribution in [0.1, 0.15) is 13.3 Å². The molecule has 10 heteroatoms. The number of carbonyl (C=O) groups is 4. The SMILES string of the molecule is C=C(CC(=O)O)C(=O)O.CC(O)C(=O)O.O=C(O)CO. The molecule has 20 heavy (non-hydrogen) atoms. The molecule has 0 heterocycles. The normalized spacial score (nSPS) is 9.75. The Kier molecular flexibility index (Phi) is 14.7. The molecule has 0 bridgehead atoms. The highest BCUT2D eigenvalue weighted by Gasteiger charge is 2.07. The van der Waals surface area contributed by atoms with Gasteiger partial charge in [0.1, 0.15) is 12.7 Å². The highest BCUT2D eigenvalue weighted by atomic mass is 16.4. The van der Waals surface area contributed by atoms with Gasteiger partial charge in [0.25, 0.3) is 0 Å². The van der Waals surface area contributed by atoms with Crippen molar-refractivity contribution in [2.75, 3.05) is 6.61 Å². The molecule has 6 N–H and O–H groups in total. The fraction of sp³-hybridized carbons (Fsp3) is 0.400. The molecule has 116 valence electrons. The van der Waals surface area contributed by atoms with Crippen LogP contribution in [0, 0.1) is 0 Å². The molecule has 10 nitrogen and oxygen atoms in total. The molecule has 0 spiro atoms. The predicted octanol–water partition coefficient (Wildman–Crippen LogP) is -1.38. The van der Waals surface area contributed by atoms with Crippen LogP contribution in [0.5, 0.6) is 0 Å². The number of rotatable bonds is 5. The maximum Gasteiger partial charge on any atom is 0.332 e. The van der Waals surface area contributed by atoms with Crippen LogP contribution in [0.15, 0.2) is 12.2 Å². The van der Waals surface area contributed by atoms with Gasteiger partial charge in [-0.15, -0.1) is 0 Å². The number of aliphatic carboxylic acids is 4. The maximum atomic E-state index is 9.87. The van der Waals surface area contributed by atoms with Gasteiger partial charge in [0.05, 0.1) is 6.42 Å². The molecule has 1 atom stereocenters. The first-order valence-electron chi connectivity index (χ1n) is 4.82. The van der Waals surface area contributed by atoms with E-state index >= 15 is 0 Å². The maximum absolute atomic E-state index is 9.87. The second-order valence-electron chi connectivity index (χ2n) is 3.05. The minimum Gasteiger partial charge on any atom is -0.481 e. The fourth-order valence-corrected chi connectivity index (χ4v) is 0.258. The van der Waals surface area contributed by atoms with Crippen LogP contribution in [0.25, 0.3) is 0 Å². The molecule has 0 aliphatic heterocycles. The molecule has 0 aromatic carbocycles.